The van der Waals surface area contributed by atoms with E-state index in [2.05, 4.69) is 4.72 Å². The fourth-order valence-electron chi connectivity index (χ4n) is 2.76. The van der Waals surface area contributed by atoms with Crippen molar-refractivity contribution in [3.05, 3.63) is 64.2 Å². The smallest absolute Gasteiger partial charge is 0.324 e. The lowest BCUT2D eigenvalue weighted by molar-refractivity contribution is -0.384. The maximum absolute atomic E-state index is 12.7. The number of nitrogens with zero attached hydrogens (tertiary/aromatic N) is 1. The molecule has 0 aliphatic rings. The molecule has 0 fully saturated rings. The lowest BCUT2D eigenvalue weighted by atomic mass is 9.94. The number of methoxy groups -OCH3 is 1. The molecule has 0 aromatic heterocycles. The van der Waals surface area contributed by atoms with Gasteiger partial charge in [0, 0.05) is 17.0 Å². The highest BCUT2D eigenvalue weighted by molar-refractivity contribution is 7.98. The Kier molecular flexibility index (Phi) is 7.77. The Morgan fingerprint density at radius 3 is 2.24 bits per heavy atom. The predicted molar refractivity (Wildman–Crippen MR) is 110 cm³/mol. The number of nitro groups is 1. The van der Waals surface area contributed by atoms with Crippen LogP contribution in [0.1, 0.15) is 12.5 Å². The largest absolute Gasteiger partial charge is 0.468 e. The molecule has 0 saturated heterocycles. The second-order valence-corrected chi connectivity index (χ2v) is 9.00. The highest BCUT2D eigenvalue weighted by atomic mass is 32.2. The van der Waals surface area contributed by atoms with Gasteiger partial charge in [0.25, 0.3) is 5.69 Å². The first-order valence-corrected chi connectivity index (χ1v) is 11.4. The molecule has 0 amide bonds. The normalized spacial score (nSPS) is 13.5. The van der Waals surface area contributed by atoms with Crippen LogP contribution in [0.3, 0.4) is 0 Å². The van der Waals surface area contributed by atoms with Crippen LogP contribution in [0.4, 0.5) is 5.69 Å². The zero-order valence-corrected chi connectivity index (χ0v) is 17.8. The van der Waals surface area contributed by atoms with Crippen LogP contribution in [0.15, 0.2) is 58.3 Å². The van der Waals surface area contributed by atoms with E-state index in [4.69, 9.17) is 4.74 Å². The first-order chi connectivity index (χ1) is 13.7. The van der Waals surface area contributed by atoms with Crippen LogP contribution >= 0.6 is 11.8 Å². The number of carbonyl (C=O) groups excluding carboxylic acids is 1. The number of non-ortho nitro benzene ring substituents is 1. The summed E-state index contributed by atoms with van der Waals surface area (Å²) in [6.07, 6.45) is 2.43. The molecule has 29 heavy (non-hydrogen) atoms. The standard InChI is InChI=1S/C19H22N2O6S2/c1-13(12-14-4-8-16(28-3)9-5-14)18(19(22)27-2)20-29(25,26)17-10-6-15(7-11-17)21(23)24/h4-11,13,18,20H,12H2,1-3H3/t13-,18-/m0/s1. The number of thioether (sulfide) groups is 1. The van der Waals surface area contributed by atoms with E-state index >= 15 is 0 Å². The summed E-state index contributed by atoms with van der Waals surface area (Å²) < 4.78 is 32.5. The van der Waals surface area contributed by atoms with E-state index in [1.165, 1.54) is 7.11 Å². The van der Waals surface area contributed by atoms with Crippen LogP contribution in [0.5, 0.6) is 0 Å². The SMILES string of the molecule is COC(=O)[C@@H](NS(=O)(=O)c1ccc([N+](=O)[O-])cc1)[C@@H](C)Cc1ccc(SC)cc1. The van der Waals surface area contributed by atoms with Crippen LogP contribution in [0, 0.1) is 16.0 Å². The number of hydrogen-bond donors (Lipinski definition) is 1. The van der Waals surface area contributed by atoms with E-state index in [9.17, 15) is 23.3 Å². The molecule has 10 heteroatoms. The lowest BCUT2D eigenvalue weighted by Gasteiger charge is -2.23. The fraction of sp³-hybridized carbons (Fsp3) is 0.316. The minimum Gasteiger partial charge on any atom is -0.468 e. The van der Waals surface area contributed by atoms with Gasteiger partial charge >= 0.3 is 5.97 Å². The highest BCUT2D eigenvalue weighted by Crippen LogP contribution is 2.21. The number of rotatable bonds is 9. The van der Waals surface area contributed by atoms with Gasteiger partial charge in [-0.2, -0.15) is 4.72 Å². The molecule has 8 nitrogen and oxygen atoms in total. The first kappa shape index (κ1) is 22.9. The van der Waals surface area contributed by atoms with Crippen LogP contribution in [0.2, 0.25) is 0 Å². The molecule has 0 saturated carbocycles. The molecule has 2 aromatic carbocycles. The number of sulfonamides is 1. The molecular weight excluding hydrogens is 416 g/mol. The molecule has 0 bridgehead atoms. The van der Waals surface area contributed by atoms with E-state index in [1.54, 1.807) is 18.7 Å². The van der Waals surface area contributed by atoms with Crippen LogP contribution in [-0.4, -0.2) is 38.7 Å². The maximum Gasteiger partial charge on any atom is 0.324 e. The number of ether oxygens (including phenoxy) is 1. The summed E-state index contributed by atoms with van der Waals surface area (Å²) in [6, 6.07) is 11.1. The molecule has 1 N–H and O–H groups in total. The van der Waals surface area contributed by atoms with E-state index in [1.807, 2.05) is 30.5 Å². The van der Waals surface area contributed by atoms with Gasteiger partial charge in [0.15, 0.2) is 0 Å². The van der Waals surface area contributed by atoms with Gasteiger partial charge in [-0.05, 0) is 48.4 Å². The third-order valence-corrected chi connectivity index (χ3v) is 6.58. The molecule has 0 heterocycles. The Hall–Kier alpha value is -2.43. The number of hydrogen-bond acceptors (Lipinski definition) is 7. The minimum absolute atomic E-state index is 0.173. The molecule has 0 aliphatic heterocycles. The molecule has 0 unspecified atom stereocenters. The summed E-state index contributed by atoms with van der Waals surface area (Å²) in [6.45, 7) is 1.75. The number of carbonyl (C=O) groups is 1. The molecule has 0 aliphatic carbocycles. The van der Waals surface area contributed by atoms with Crippen molar-refractivity contribution in [2.45, 2.75) is 29.2 Å². The van der Waals surface area contributed by atoms with Gasteiger partial charge < -0.3 is 4.74 Å². The Bertz CT molecular complexity index is 959. The molecule has 2 atom stereocenters. The molecule has 0 radical (unpaired) electrons. The van der Waals surface area contributed by atoms with Crippen LogP contribution < -0.4 is 4.72 Å². The van der Waals surface area contributed by atoms with Crippen LogP contribution in [0.25, 0.3) is 0 Å². The first-order valence-electron chi connectivity index (χ1n) is 8.65. The van der Waals surface area contributed by atoms with Gasteiger partial charge in [-0.3, -0.25) is 14.9 Å². The third-order valence-electron chi connectivity index (χ3n) is 4.38. The van der Waals surface area contributed by atoms with Crippen molar-refractivity contribution in [2.75, 3.05) is 13.4 Å². The highest BCUT2D eigenvalue weighted by Gasteiger charge is 2.31. The predicted octanol–water partition coefficient (Wildman–Crippen LogP) is 3.02. The van der Waals surface area contributed by atoms with Gasteiger partial charge in [0.05, 0.1) is 16.9 Å². The minimum atomic E-state index is -4.08. The van der Waals surface area contributed by atoms with Gasteiger partial charge in [-0.1, -0.05) is 19.1 Å². The summed E-state index contributed by atoms with van der Waals surface area (Å²) >= 11 is 1.61. The van der Waals surface area contributed by atoms with Gasteiger partial charge in [0.1, 0.15) is 6.04 Å². The Morgan fingerprint density at radius 2 is 1.76 bits per heavy atom. The van der Waals surface area contributed by atoms with Crippen molar-refractivity contribution < 1.29 is 22.9 Å². The molecular formula is C19H22N2O6S2. The maximum atomic E-state index is 12.7. The van der Waals surface area contributed by atoms with Gasteiger partial charge in [-0.15, -0.1) is 11.8 Å². The average molecular weight is 439 g/mol. The number of nitrogens with one attached hydrogen (secondary N) is 1. The number of benzene rings is 2. The van der Waals surface area contributed by atoms with Crippen molar-refractivity contribution in [1.82, 2.24) is 4.72 Å². The summed E-state index contributed by atoms with van der Waals surface area (Å²) in [5.41, 5.74) is 0.731. The Morgan fingerprint density at radius 1 is 1.17 bits per heavy atom. The second-order valence-electron chi connectivity index (χ2n) is 6.40. The second kappa shape index (κ2) is 9.86. The average Bonchev–Trinajstić information content (AvgIpc) is 2.72. The fourth-order valence-corrected chi connectivity index (χ4v) is 4.46. The zero-order chi connectivity index (χ0) is 21.6. The Balaban J connectivity index is 2.21. The lowest BCUT2D eigenvalue weighted by Crippen LogP contribution is -2.46. The third kappa shape index (κ3) is 6.02. The zero-order valence-electron chi connectivity index (χ0n) is 16.2. The van der Waals surface area contributed by atoms with E-state index in [0.29, 0.717) is 6.42 Å². The number of esters is 1. The summed E-state index contributed by atoms with van der Waals surface area (Å²) in [7, 11) is -2.89. The van der Waals surface area contributed by atoms with Crippen molar-refractivity contribution >= 4 is 33.4 Å². The quantitative estimate of drug-likeness (QED) is 0.277. The monoisotopic (exact) mass is 438 g/mol. The number of nitro benzene ring substituents is 1. The van der Waals surface area contributed by atoms with Crippen molar-refractivity contribution in [3.8, 4) is 0 Å². The van der Waals surface area contributed by atoms with Crippen molar-refractivity contribution in [3.63, 3.8) is 0 Å². The topological polar surface area (TPSA) is 116 Å². The molecule has 156 valence electrons. The molecule has 2 rings (SSSR count). The molecule has 0 spiro atoms. The molecule has 2 aromatic rings. The van der Waals surface area contributed by atoms with E-state index in [0.717, 1.165) is 34.7 Å². The van der Waals surface area contributed by atoms with E-state index < -0.39 is 32.9 Å². The summed E-state index contributed by atoms with van der Waals surface area (Å²) in [5.74, 6) is -1.10. The van der Waals surface area contributed by atoms with Gasteiger partial charge in [-0.25, -0.2) is 8.42 Å². The van der Waals surface area contributed by atoms with Crippen molar-refractivity contribution in [2.24, 2.45) is 5.92 Å². The van der Waals surface area contributed by atoms with E-state index in [-0.39, 0.29) is 10.6 Å². The van der Waals surface area contributed by atoms with Gasteiger partial charge in [0.2, 0.25) is 10.0 Å². The summed E-state index contributed by atoms with van der Waals surface area (Å²) in [5, 5.41) is 10.7. The Labute approximate surface area is 173 Å². The van der Waals surface area contributed by atoms with Crippen LogP contribution in [-0.2, 0) is 26.0 Å². The summed E-state index contributed by atoms with van der Waals surface area (Å²) in [4.78, 5) is 23.3. The van der Waals surface area contributed by atoms with Crippen molar-refractivity contribution in [1.29, 1.82) is 0 Å².